The van der Waals surface area contributed by atoms with Gasteiger partial charge in [-0.05, 0) is 6.92 Å². The molecule has 0 bridgehead atoms. The molecule has 112 valence electrons. The highest BCUT2D eigenvalue weighted by Crippen LogP contribution is 2.16. The number of nitrogens with one attached hydrogen (secondary N) is 2. The van der Waals surface area contributed by atoms with Gasteiger partial charge in [-0.25, -0.2) is 0 Å². The first-order valence-corrected chi connectivity index (χ1v) is 6.42. The second-order valence-electron chi connectivity index (χ2n) is 4.13. The maximum atomic E-state index is 11.9. The van der Waals surface area contributed by atoms with E-state index in [9.17, 15) is 14.9 Å². The van der Waals surface area contributed by atoms with E-state index in [1.165, 1.54) is 12.3 Å². The first-order valence-electron chi connectivity index (χ1n) is 6.42. The second kappa shape index (κ2) is 8.28. The van der Waals surface area contributed by atoms with Crippen LogP contribution in [0.1, 0.15) is 17.4 Å². The summed E-state index contributed by atoms with van der Waals surface area (Å²) in [5.41, 5.74) is 0.228. The van der Waals surface area contributed by atoms with Crippen LogP contribution >= 0.6 is 0 Å². The normalized spacial score (nSPS) is 10.5. The van der Waals surface area contributed by atoms with Gasteiger partial charge in [-0.15, -0.1) is 0 Å². The zero-order chi connectivity index (χ0) is 15.0. The average Bonchev–Trinajstić information content (AvgIpc) is 2.87. The van der Waals surface area contributed by atoms with E-state index in [1.807, 2.05) is 6.92 Å². The van der Waals surface area contributed by atoms with E-state index in [-0.39, 0.29) is 11.6 Å². The molecule has 1 rings (SSSR count). The molecule has 0 spiro atoms. The van der Waals surface area contributed by atoms with Crippen molar-refractivity contribution in [2.24, 2.45) is 0 Å². The molecule has 0 saturated heterocycles. The van der Waals surface area contributed by atoms with Crippen LogP contribution in [0, 0.1) is 10.1 Å². The van der Waals surface area contributed by atoms with Gasteiger partial charge in [0.2, 0.25) is 0 Å². The Bertz CT molecular complexity index is 458. The molecule has 0 aliphatic heterocycles. The molecule has 1 amide bonds. The van der Waals surface area contributed by atoms with Crippen LogP contribution in [0.3, 0.4) is 0 Å². The van der Waals surface area contributed by atoms with Gasteiger partial charge >= 0.3 is 0 Å². The van der Waals surface area contributed by atoms with Crippen molar-refractivity contribution in [2.75, 3.05) is 33.4 Å². The van der Waals surface area contributed by atoms with Crippen LogP contribution in [-0.4, -0.2) is 48.7 Å². The summed E-state index contributed by atoms with van der Waals surface area (Å²) in [6.45, 7) is 4.72. The van der Waals surface area contributed by atoms with Crippen molar-refractivity contribution in [3.63, 3.8) is 0 Å². The van der Waals surface area contributed by atoms with Gasteiger partial charge < -0.3 is 19.9 Å². The van der Waals surface area contributed by atoms with E-state index in [0.29, 0.717) is 38.5 Å². The third-order valence-corrected chi connectivity index (χ3v) is 2.74. The van der Waals surface area contributed by atoms with Gasteiger partial charge in [-0.2, -0.15) is 0 Å². The van der Waals surface area contributed by atoms with Gasteiger partial charge in [0.1, 0.15) is 5.69 Å². The first kappa shape index (κ1) is 16.1. The summed E-state index contributed by atoms with van der Waals surface area (Å²) < 4.78 is 6.44. The smallest absolute Gasteiger partial charge is 0.287 e. The van der Waals surface area contributed by atoms with Gasteiger partial charge in [-0.1, -0.05) is 0 Å². The van der Waals surface area contributed by atoms with Crippen LogP contribution in [0.2, 0.25) is 0 Å². The van der Waals surface area contributed by atoms with E-state index in [0.717, 1.165) is 0 Å². The van der Waals surface area contributed by atoms with Gasteiger partial charge in [-0.3, -0.25) is 14.9 Å². The molecule has 0 radical (unpaired) electrons. The molecular weight excluding hydrogens is 264 g/mol. The molecule has 0 saturated carbocycles. The average molecular weight is 284 g/mol. The highest BCUT2D eigenvalue weighted by Gasteiger charge is 2.18. The summed E-state index contributed by atoms with van der Waals surface area (Å²) in [4.78, 5) is 22.1. The Morgan fingerprint density at radius 2 is 2.20 bits per heavy atom. The third-order valence-electron chi connectivity index (χ3n) is 2.74. The lowest BCUT2D eigenvalue weighted by atomic mass is 10.3. The Labute approximate surface area is 117 Å². The van der Waals surface area contributed by atoms with Crippen molar-refractivity contribution >= 4 is 11.6 Å². The minimum absolute atomic E-state index is 0.0739. The predicted octanol–water partition coefficient (Wildman–Crippen LogP) is 0.382. The fourth-order valence-electron chi connectivity index (χ4n) is 1.70. The molecule has 8 nitrogen and oxygen atoms in total. The molecule has 0 aromatic carbocycles. The molecule has 0 aliphatic carbocycles. The predicted molar refractivity (Wildman–Crippen MR) is 73.8 cm³/mol. The molecule has 20 heavy (non-hydrogen) atoms. The molecule has 1 heterocycles. The maximum absolute atomic E-state index is 11.9. The minimum atomic E-state index is -0.505. The van der Waals surface area contributed by atoms with E-state index >= 15 is 0 Å². The fraction of sp³-hybridized carbons (Fsp3) is 0.583. The van der Waals surface area contributed by atoms with Gasteiger partial charge in [0.25, 0.3) is 11.6 Å². The number of rotatable bonds is 9. The number of nitrogens with zero attached hydrogens (tertiary/aromatic N) is 2. The summed E-state index contributed by atoms with van der Waals surface area (Å²) in [6.07, 6.45) is 1.37. The number of aryl methyl sites for hydroxylation is 1. The minimum Gasteiger partial charge on any atom is -0.383 e. The largest absolute Gasteiger partial charge is 0.383 e. The summed E-state index contributed by atoms with van der Waals surface area (Å²) in [5, 5.41) is 16.5. The fourth-order valence-corrected chi connectivity index (χ4v) is 1.70. The lowest BCUT2D eigenvalue weighted by Crippen LogP contribution is -2.33. The van der Waals surface area contributed by atoms with Crippen molar-refractivity contribution in [2.45, 2.75) is 13.5 Å². The van der Waals surface area contributed by atoms with E-state index in [2.05, 4.69) is 10.6 Å². The Kier molecular flexibility index (Phi) is 6.68. The van der Waals surface area contributed by atoms with Crippen LogP contribution in [-0.2, 0) is 11.3 Å². The van der Waals surface area contributed by atoms with Crippen molar-refractivity contribution in [3.8, 4) is 0 Å². The standard InChI is InChI=1S/C12H20N4O4/c1-3-15-9-10(16(18)19)8-11(15)12(17)14-5-4-13-6-7-20-2/h8-9,13H,3-7H2,1-2H3,(H,14,17). The number of amides is 1. The number of aromatic nitrogens is 1. The summed E-state index contributed by atoms with van der Waals surface area (Å²) in [6, 6.07) is 1.29. The Morgan fingerprint density at radius 1 is 1.45 bits per heavy atom. The van der Waals surface area contributed by atoms with E-state index in [1.54, 1.807) is 11.7 Å². The zero-order valence-electron chi connectivity index (χ0n) is 11.7. The molecular formula is C12H20N4O4. The summed E-state index contributed by atoms with van der Waals surface area (Å²) >= 11 is 0. The quantitative estimate of drug-likeness (QED) is 0.388. The first-order chi connectivity index (χ1) is 9.60. The molecule has 0 aliphatic rings. The number of carbonyl (C=O) groups excluding carboxylic acids is 1. The molecule has 0 atom stereocenters. The van der Waals surface area contributed by atoms with Crippen LogP contribution in [0.5, 0.6) is 0 Å². The maximum Gasteiger partial charge on any atom is 0.287 e. The SMILES string of the molecule is CCn1cc([N+](=O)[O-])cc1C(=O)NCCNCCOC. The van der Waals surface area contributed by atoms with Crippen molar-refractivity contribution < 1.29 is 14.5 Å². The van der Waals surface area contributed by atoms with Crippen LogP contribution in [0.15, 0.2) is 12.3 Å². The Hall–Kier alpha value is -1.93. The molecule has 1 aromatic heterocycles. The molecule has 8 heteroatoms. The lowest BCUT2D eigenvalue weighted by molar-refractivity contribution is -0.384. The number of ether oxygens (including phenoxy) is 1. The van der Waals surface area contributed by atoms with Gasteiger partial charge in [0.05, 0.1) is 17.7 Å². The van der Waals surface area contributed by atoms with E-state index < -0.39 is 4.92 Å². The van der Waals surface area contributed by atoms with Gasteiger partial charge in [0.15, 0.2) is 0 Å². The molecule has 1 aromatic rings. The second-order valence-corrected chi connectivity index (χ2v) is 4.13. The van der Waals surface area contributed by atoms with Crippen LogP contribution in [0.25, 0.3) is 0 Å². The summed E-state index contributed by atoms with van der Waals surface area (Å²) in [5.74, 6) is -0.312. The number of nitro groups is 1. The highest BCUT2D eigenvalue weighted by molar-refractivity contribution is 5.93. The van der Waals surface area contributed by atoms with Gasteiger partial charge in [0, 0.05) is 39.4 Å². The number of carbonyl (C=O) groups is 1. The Balaban J connectivity index is 2.48. The van der Waals surface area contributed by atoms with E-state index in [4.69, 9.17) is 4.74 Å². The zero-order valence-corrected chi connectivity index (χ0v) is 11.7. The highest BCUT2D eigenvalue weighted by atomic mass is 16.6. The number of hydrogen-bond acceptors (Lipinski definition) is 5. The van der Waals surface area contributed by atoms with Crippen molar-refractivity contribution in [1.29, 1.82) is 0 Å². The number of methoxy groups -OCH3 is 1. The van der Waals surface area contributed by atoms with Crippen molar-refractivity contribution in [3.05, 3.63) is 28.1 Å². The number of hydrogen-bond donors (Lipinski definition) is 2. The molecule has 0 unspecified atom stereocenters. The lowest BCUT2D eigenvalue weighted by Gasteiger charge is -2.08. The Morgan fingerprint density at radius 3 is 2.80 bits per heavy atom. The van der Waals surface area contributed by atoms with Crippen molar-refractivity contribution in [1.82, 2.24) is 15.2 Å². The molecule has 2 N–H and O–H groups in total. The molecule has 0 fully saturated rings. The summed E-state index contributed by atoms with van der Waals surface area (Å²) in [7, 11) is 1.62. The monoisotopic (exact) mass is 284 g/mol. The van der Waals surface area contributed by atoms with Crippen LogP contribution in [0.4, 0.5) is 5.69 Å². The third kappa shape index (κ3) is 4.63. The topological polar surface area (TPSA) is 98.4 Å². The van der Waals surface area contributed by atoms with Crippen LogP contribution < -0.4 is 10.6 Å².